The van der Waals surface area contributed by atoms with Crippen molar-refractivity contribution in [2.75, 3.05) is 0 Å². The largest absolute Gasteiger partial charge is 0.0696 e. The molecule has 0 aliphatic carbocycles. The molecule has 0 atom stereocenters. The predicted molar refractivity (Wildman–Crippen MR) is 65.5 cm³/mol. The van der Waals surface area contributed by atoms with E-state index in [2.05, 4.69) is 39.7 Å². The Kier molecular flexibility index (Phi) is 4.78. The van der Waals surface area contributed by atoms with Crippen molar-refractivity contribution in [2.45, 2.75) is 64.2 Å². The van der Waals surface area contributed by atoms with Crippen LogP contribution in [0.1, 0.15) is 13.3 Å². The second-order valence-corrected chi connectivity index (χ2v) is 16.9. The number of hydrogen-bond donors (Lipinski definition) is 0. The highest BCUT2D eigenvalue weighted by Crippen LogP contribution is 2.23. The first-order valence-corrected chi connectivity index (χ1v) is 12.4. The van der Waals surface area contributed by atoms with Crippen LogP contribution in [0.2, 0.25) is 50.9 Å². The van der Waals surface area contributed by atoms with Crippen LogP contribution in [0.15, 0.2) is 0 Å². The molecular formula is C10H26Si2. The van der Waals surface area contributed by atoms with Crippen LogP contribution in [0.4, 0.5) is 0 Å². The summed E-state index contributed by atoms with van der Waals surface area (Å²) in [5.74, 6) is 0. The van der Waals surface area contributed by atoms with Gasteiger partial charge in [0.15, 0.2) is 0 Å². The Balaban J connectivity index is 3.75. The molecule has 0 saturated carbocycles. The van der Waals surface area contributed by atoms with Crippen molar-refractivity contribution in [2.24, 2.45) is 0 Å². The quantitative estimate of drug-likeness (QED) is 0.578. The third-order valence-electron chi connectivity index (χ3n) is 2.48. The fourth-order valence-electron chi connectivity index (χ4n) is 1.52. The molecule has 0 aromatic heterocycles. The summed E-state index contributed by atoms with van der Waals surface area (Å²) in [4.78, 5) is 0. The standard InChI is InChI=1S/C10H26Si2/c1-7-8-12(5,6)10-9-11(2,3)4/h7-10H2,1-6H3. The summed E-state index contributed by atoms with van der Waals surface area (Å²) in [6, 6.07) is 4.64. The molecule has 0 aromatic carbocycles. The highest BCUT2D eigenvalue weighted by Gasteiger charge is 2.23. The third kappa shape index (κ3) is 7.10. The van der Waals surface area contributed by atoms with Gasteiger partial charge in [0.1, 0.15) is 0 Å². The topological polar surface area (TPSA) is 0 Å². The molecule has 0 rings (SSSR count). The smallest absolute Gasteiger partial charge is 0.0470 e. The summed E-state index contributed by atoms with van der Waals surface area (Å²) in [7, 11) is -1.54. The Morgan fingerprint density at radius 1 is 0.750 bits per heavy atom. The van der Waals surface area contributed by atoms with Gasteiger partial charge in [0, 0.05) is 16.1 Å². The minimum atomic E-state index is -0.778. The van der Waals surface area contributed by atoms with E-state index in [-0.39, 0.29) is 0 Å². The molecule has 0 nitrogen and oxygen atoms in total. The van der Waals surface area contributed by atoms with E-state index in [1.807, 2.05) is 0 Å². The molecule has 0 radical (unpaired) electrons. The molecule has 0 fully saturated rings. The highest BCUT2D eigenvalue weighted by molar-refractivity contribution is 6.82. The van der Waals surface area contributed by atoms with Crippen molar-refractivity contribution in [1.29, 1.82) is 0 Å². The molecule has 0 heterocycles. The molecule has 0 N–H and O–H groups in total. The van der Waals surface area contributed by atoms with Crippen LogP contribution in [0, 0.1) is 0 Å². The maximum Gasteiger partial charge on any atom is 0.0470 e. The lowest BCUT2D eigenvalue weighted by atomic mass is 10.6. The van der Waals surface area contributed by atoms with Crippen molar-refractivity contribution >= 4 is 16.1 Å². The van der Waals surface area contributed by atoms with E-state index in [0.717, 1.165) is 0 Å². The van der Waals surface area contributed by atoms with Gasteiger partial charge in [0.2, 0.25) is 0 Å². The minimum absolute atomic E-state index is 0.761. The molecule has 0 spiro atoms. The summed E-state index contributed by atoms with van der Waals surface area (Å²) in [6.07, 6.45) is 1.39. The van der Waals surface area contributed by atoms with E-state index in [4.69, 9.17) is 0 Å². The van der Waals surface area contributed by atoms with Crippen molar-refractivity contribution in [3.8, 4) is 0 Å². The fraction of sp³-hybridized carbons (Fsp3) is 1.00. The van der Waals surface area contributed by atoms with E-state index in [0.29, 0.717) is 0 Å². The van der Waals surface area contributed by atoms with Crippen molar-refractivity contribution < 1.29 is 0 Å². The van der Waals surface area contributed by atoms with Crippen LogP contribution in [-0.2, 0) is 0 Å². The van der Waals surface area contributed by atoms with Gasteiger partial charge in [-0.2, -0.15) is 0 Å². The second-order valence-electron chi connectivity index (χ2n) is 5.97. The van der Waals surface area contributed by atoms with Crippen LogP contribution in [0.3, 0.4) is 0 Å². The van der Waals surface area contributed by atoms with Gasteiger partial charge in [-0.15, -0.1) is 0 Å². The predicted octanol–water partition coefficient (Wildman–Crippen LogP) is 4.44. The van der Waals surface area contributed by atoms with Gasteiger partial charge in [-0.05, 0) is 0 Å². The van der Waals surface area contributed by atoms with Crippen molar-refractivity contribution in [1.82, 2.24) is 0 Å². The van der Waals surface area contributed by atoms with Gasteiger partial charge in [-0.3, -0.25) is 0 Å². The summed E-state index contributed by atoms with van der Waals surface area (Å²) < 4.78 is 0. The molecule has 0 saturated heterocycles. The number of hydrogen-bond acceptors (Lipinski definition) is 0. The maximum absolute atomic E-state index is 2.55. The van der Waals surface area contributed by atoms with Crippen molar-refractivity contribution in [3.63, 3.8) is 0 Å². The normalized spacial score (nSPS) is 13.5. The highest BCUT2D eigenvalue weighted by atomic mass is 28.3. The van der Waals surface area contributed by atoms with Gasteiger partial charge in [-0.25, -0.2) is 0 Å². The van der Waals surface area contributed by atoms with Gasteiger partial charge >= 0.3 is 0 Å². The van der Waals surface area contributed by atoms with E-state index >= 15 is 0 Å². The zero-order valence-corrected chi connectivity index (χ0v) is 11.8. The fourth-order valence-corrected chi connectivity index (χ4v) is 8.83. The van der Waals surface area contributed by atoms with E-state index in [1.54, 1.807) is 12.1 Å². The van der Waals surface area contributed by atoms with Gasteiger partial charge in [0.25, 0.3) is 0 Å². The summed E-state index contributed by atoms with van der Waals surface area (Å²) in [5, 5.41) is 0. The van der Waals surface area contributed by atoms with Crippen molar-refractivity contribution in [3.05, 3.63) is 0 Å². The monoisotopic (exact) mass is 202 g/mol. The first-order chi connectivity index (χ1) is 5.27. The summed E-state index contributed by atoms with van der Waals surface area (Å²) in [5.41, 5.74) is 0. The molecule has 0 aromatic rings. The lowest BCUT2D eigenvalue weighted by molar-refractivity contribution is 1.03. The first kappa shape index (κ1) is 12.4. The summed E-state index contributed by atoms with van der Waals surface area (Å²) >= 11 is 0. The molecule has 0 bridgehead atoms. The Morgan fingerprint density at radius 3 is 1.58 bits per heavy atom. The van der Waals surface area contributed by atoms with E-state index in [9.17, 15) is 0 Å². The SMILES string of the molecule is CCC[Si](C)(C)CC[Si](C)(C)C. The first-order valence-electron chi connectivity index (χ1n) is 5.27. The van der Waals surface area contributed by atoms with Crippen LogP contribution < -0.4 is 0 Å². The van der Waals surface area contributed by atoms with Crippen LogP contribution in [0.5, 0.6) is 0 Å². The minimum Gasteiger partial charge on any atom is -0.0696 e. The van der Waals surface area contributed by atoms with E-state index in [1.165, 1.54) is 12.5 Å². The molecule has 12 heavy (non-hydrogen) atoms. The van der Waals surface area contributed by atoms with Gasteiger partial charge < -0.3 is 0 Å². The Hall–Kier alpha value is 0.434. The van der Waals surface area contributed by atoms with Crippen LogP contribution >= 0.6 is 0 Å². The van der Waals surface area contributed by atoms with Crippen LogP contribution in [-0.4, -0.2) is 16.1 Å². The maximum atomic E-state index is 2.55. The molecule has 0 amide bonds. The molecule has 74 valence electrons. The molecule has 2 heteroatoms. The molecular weight excluding hydrogens is 176 g/mol. The Morgan fingerprint density at radius 2 is 1.25 bits per heavy atom. The third-order valence-corrected chi connectivity index (χ3v) is 8.19. The average Bonchev–Trinajstić information content (AvgIpc) is 1.83. The number of rotatable bonds is 5. The molecule has 0 unspecified atom stereocenters. The zero-order chi connectivity index (χ0) is 9.83. The lowest BCUT2D eigenvalue weighted by Crippen LogP contribution is -2.29. The molecule has 0 aliphatic rings. The Bertz CT molecular complexity index is 122. The molecule has 0 aliphatic heterocycles. The zero-order valence-electron chi connectivity index (χ0n) is 9.83. The lowest BCUT2D eigenvalue weighted by Gasteiger charge is -2.25. The second kappa shape index (κ2) is 4.61. The van der Waals surface area contributed by atoms with Crippen LogP contribution in [0.25, 0.3) is 0 Å². The average molecular weight is 202 g/mol. The Labute approximate surface area is 80.8 Å². The summed E-state index contributed by atoms with van der Waals surface area (Å²) in [6.45, 7) is 14.9. The van der Waals surface area contributed by atoms with Gasteiger partial charge in [-0.1, -0.05) is 64.2 Å². The van der Waals surface area contributed by atoms with E-state index < -0.39 is 16.1 Å². The van der Waals surface area contributed by atoms with Gasteiger partial charge in [0.05, 0.1) is 0 Å².